The Hall–Kier alpha value is -0.980. The molecular formula is C16H31NO5. The van der Waals surface area contributed by atoms with Gasteiger partial charge in [-0.1, -0.05) is 13.8 Å². The highest BCUT2D eigenvalue weighted by atomic mass is 16.5. The van der Waals surface area contributed by atoms with Crippen molar-refractivity contribution in [1.29, 1.82) is 0 Å². The Morgan fingerprint density at radius 2 is 1.64 bits per heavy atom. The average Bonchev–Trinajstić information content (AvgIpc) is 2.45. The van der Waals surface area contributed by atoms with Crippen molar-refractivity contribution in [3.8, 4) is 0 Å². The van der Waals surface area contributed by atoms with Crippen molar-refractivity contribution < 1.29 is 23.8 Å². The molecule has 0 spiro atoms. The molecule has 0 heterocycles. The Morgan fingerprint density at radius 1 is 0.955 bits per heavy atom. The first-order valence-corrected chi connectivity index (χ1v) is 7.88. The lowest BCUT2D eigenvalue weighted by atomic mass is 10.1. The fraction of sp³-hybridized carbons (Fsp3) is 0.875. The lowest BCUT2D eigenvalue weighted by Crippen LogP contribution is -2.33. The van der Waals surface area contributed by atoms with E-state index in [9.17, 15) is 9.59 Å². The smallest absolute Gasteiger partial charge is 0.248 e. The van der Waals surface area contributed by atoms with Crippen LogP contribution in [-0.4, -0.2) is 69.3 Å². The summed E-state index contributed by atoms with van der Waals surface area (Å²) in [7, 11) is 1.71. The number of ether oxygens (including phenoxy) is 3. The number of carbonyl (C=O) groups is 2. The number of amides is 1. The van der Waals surface area contributed by atoms with Crippen LogP contribution in [0.1, 0.15) is 34.1 Å². The SMILES string of the molecule is CC(C)OCCOCC(=O)N(C)CCOCCC(=O)C(C)C. The average molecular weight is 317 g/mol. The molecule has 0 unspecified atom stereocenters. The van der Waals surface area contributed by atoms with Crippen LogP contribution in [0.5, 0.6) is 0 Å². The van der Waals surface area contributed by atoms with Gasteiger partial charge in [-0.3, -0.25) is 9.59 Å². The van der Waals surface area contributed by atoms with Gasteiger partial charge in [0.2, 0.25) is 5.91 Å². The van der Waals surface area contributed by atoms with Crippen LogP contribution in [0.25, 0.3) is 0 Å². The quantitative estimate of drug-likeness (QED) is 0.482. The summed E-state index contributed by atoms with van der Waals surface area (Å²) in [5, 5.41) is 0. The standard InChI is InChI=1S/C16H31NO5/c1-13(2)15(18)6-8-20-9-7-17(5)16(19)12-21-10-11-22-14(3)4/h13-14H,6-12H2,1-5H3. The van der Waals surface area contributed by atoms with Crippen molar-refractivity contribution in [2.75, 3.05) is 46.6 Å². The third-order valence-electron chi connectivity index (χ3n) is 3.04. The van der Waals surface area contributed by atoms with E-state index in [2.05, 4.69) is 0 Å². The Kier molecular flexibility index (Phi) is 12.0. The fourth-order valence-corrected chi connectivity index (χ4v) is 1.50. The van der Waals surface area contributed by atoms with E-state index < -0.39 is 0 Å². The topological polar surface area (TPSA) is 65.1 Å². The molecule has 0 aromatic rings. The summed E-state index contributed by atoms with van der Waals surface area (Å²) >= 11 is 0. The summed E-state index contributed by atoms with van der Waals surface area (Å²) in [6.07, 6.45) is 0.593. The lowest BCUT2D eigenvalue weighted by Gasteiger charge is -2.17. The normalized spacial score (nSPS) is 11.2. The summed E-state index contributed by atoms with van der Waals surface area (Å²) in [5.41, 5.74) is 0. The molecule has 0 aliphatic rings. The molecule has 0 rings (SSSR count). The molecule has 0 aromatic heterocycles. The highest BCUT2D eigenvalue weighted by Crippen LogP contribution is 1.98. The van der Waals surface area contributed by atoms with Gasteiger partial charge in [-0.25, -0.2) is 0 Å². The third kappa shape index (κ3) is 11.7. The molecular weight excluding hydrogens is 286 g/mol. The second-order valence-electron chi connectivity index (χ2n) is 5.77. The molecule has 0 bridgehead atoms. The molecule has 0 atom stereocenters. The van der Waals surface area contributed by atoms with Crippen LogP contribution in [0.2, 0.25) is 0 Å². The minimum Gasteiger partial charge on any atom is -0.379 e. The maximum absolute atomic E-state index is 11.8. The molecule has 22 heavy (non-hydrogen) atoms. The maximum atomic E-state index is 11.8. The van der Waals surface area contributed by atoms with Crippen LogP contribution in [0.4, 0.5) is 0 Å². The zero-order valence-electron chi connectivity index (χ0n) is 14.6. The Morgan fingerprint density at radius 3 is 2.23 bits per heavy atom. The van der Waals surface area contributed by atoms with Gasteiger partial charge in [-0.2, -0.15) is 0 Å². The molecule has 0 aliphatic carbocycles. The molecule has 0 aliphatic heterocycles. The van der Waals surface area contributed by atoms with E-state index in [1.807, 2.05) is 27.7 Å². The van der Waals surface area contributed by atoms with Gasteiger partial charge in [0.15, 0.2) is 0 Å². The first-order valence-electron chi connectivity index (χ1n) is 7.88. The summed E-state index contributed by atoms with van der Waals surface area (Å²) in [6.45, 7) is 9.91. The first kappa shape index (κ1) is 21.0. The van der Waals surface area contributed by atoms with E-state index in [1.165, 1.54) is 0 Å². The van der Waals surface area contributed by atoms with E-state index in [-0.39, 0.29) is 30.3 Å². The van der Waals surface area contributed by atoms with Crippen LogP contribution in [-0.2, 0) is 23.8 Å². The van der Waals surface area contributed by atoms with Crippen LogP contribution < -0.4 is 0 Å². The van der Waals surface area contributed by atoms with Crippen molar-refractivity contribution in [3.63, 3.8) is 0 Å². The van der Waals surface area contributed by atoms with Crippen LogP contribution in [0, 0.1) is 5.92 Å². The summed E-state index contributed by atoms with van der Waals surface area (Å²) < 4.78 is 15.9. The molecule has 1 amide bonds. The predicted octanol–water partition coefficient (Wildman–Crippen LogP) is 1.52. The monoisotopic (exact) mass is 317 g/mol. The van der Waals surface area contributed by atoms with Crippen LogP contribution in [0.15, 0.2) is 0 Å². The minimum atomic E-state index is -0.0913. The highest BCUT2D eigenvalue weighted by Gasteiger charge is 2.09. The van der Waals surface area contributed by atoms with Gasteiger partial charge < -0.3 is 19.1 Å². The minimum absolute atomic E-state index is 0.0454. The number of likely N-dealkylation sites (N-methyl/N-ethyl adjacent to an activating group) is 1. The van der Waals surface area contributed by atoms with E-state index in [1.54, 1.807) is 11.9 Å². The van der Waals surface area contributed by atoms with Crippen molar-refractivity contribution in [3.05, 3.63) is 0 Å². The number of rotatable bonds is 13. The summed E-state index contributed by atoms with van der Waals surface area (Å²) in [6, 6.07) is 0. The zero-order valence-corrected chi connectivity index (χ0v) is 14.6. The molecule has 130 valence electrons. The van der Waals surface area contributed by atoms with Gasteiger partial charge in [0.25, 0.3) is 0 Å². The van der Waals surface area contributed by atoms with Gasteiger partial charge in [0.1, 0.15) is 12.4 Å². The number of nitrogens with zero attached hydrogens (tertiary/aromatic N) is 1. The number of carbonyl (C=O) groups excluding carboxylic acids is 2. The fourth-order valence-electron chi connectivity index (χ4n) is 1.50. The Balaban J connectivity index is 3.56. The van der Waals surface area contributed by atoms with Gasteiger partial charge in [-0.15, -0.1) is 0 Å². The number of Topliss-reactive ketones (excluding diaryl/α,β-unsaturated/α-hetero) is 1. The predicted molar refractivity (Wildman–Crippen MR) is 84.8 cm³/mol. The zero-order chi connectivity index (χ0) is 17.0. The highest BCUT2D eigenvalue weighted by molar-refractivity contribution is 5.80. The van der Waals surface area contributed by atoms with Crippen LogP contribution >= 0.6 is 0 Å². The van der Waals surface area contributed by atoms with Crippen molar-refractivity contribution >= 4 is 11.7 Å². The van der Waals surface area contributed by atoms with Gasteiger partial charge >= 0.3 is 0 Å². The first-order chi connectivity index (χ1) is 10.3. The number of hydrogen-bond acceptors (Lipinski definition) is 5. The van der Waals surface area contributed by atoms with E-state index in [0.717, 1.165) is 0 Å². The second kappa shape index (κ2) is 12.6. The van der Waals surface area contributed by atoms with Crippen molar-refractivity contribution in [1.82, 2.24) is 4.90 Å². The van der Waals surface area contributed by atoms with Gasteiger partial charge in [0, 0.05) is 25.9 Å². The van der Waals surface area contributed by atoms with Crippen molar-refractivity contribution in [2.24, 2.45) is 5.92 Å². The van der Waals surface area contributed by atoms with E-state index >= 15 is 0 Å². The van der Waals surface area contributed by atoms with Crippen molar-refractivity contribution in [2.45, 2.75) is 40.2 Å². The number of hydrogen-bond donors (Lipinski definition) is 0. The molecule has 0 saturated heterocycles. The molecule has 0 saturated carbocycles. The summed E-state index contributed by atoms with van der Waals surface area (Å²) in [5.74, 6) is 0.150. The Labute approximate surface area is 134 Å². The second-order valence-corrected chi connectivity index (χ2v) is 5.77. The van der Waals surface area contributed by atoms with Crippen LogP contribution in [0.3, 0.4) is 0 Å². The molecule has 6 nitrogen and oxygen atoms in total. The maximum Gasteiger partial charge on any atom is 0.248 e. The largest absolute Gasteiger partial charge is 0.379 e. The van der Waals surface area contributed by atoms with Gasteiger partial charge in [-0.05, 0) is 13.8 Å². The molecule has 6 heteroatoms. The third-order valence-corrected chi connectivity index (χ3v) is 3.04. The van der Waals surface area contributed by atoms with Gasteiger partial charge in [0.05, 0.1) is 32.5 Å². The van der Waals surface area contributed by atoms with E-state index in [4.69, 9.17) is 14.2 Å². The summed E-state index contributed by atoms with van der Waals surface area (Å²) in [4.78, 5) is 24.7. The number of ketones is 1. The molecule has 0 N–H and O–H groups in total. The molecule has 0 fully saturated rings. The van der Waals surface area contributed by atoms with E-state index in [0.29, 0.717) is 39.4 Å². The molecule has 0 radical (unpaired) electrons. The lowest BCUT2D eigenvalue weighted by molar-refractivity contribution is -0.136. The Bertz CT molecular complexity index is 318. The molecule has 0 aromatic carbocycles.